The van der Waals surface area contributed by atoms with Crippen LogP contribution in [0, 0.1) is 0 Å². The van der Waals surface area contributed by atoms with Gasteiger partial charge in [-0.2, -0.15) is 0 Å². The van der Waals surface area contributed by atoms with E-state index in [1.165, 1.54) is 0 Å². The van der Waals surface area contributed by atoms with Crippen LogP contribution < -0.4 is 14.4 Å². The van der Waals surface area contributed by atoms with Crippen LogP contribution in [0.3, 0.4) is 0 Å². The van der Waals surface area contributed by atoms with Gasteiger partial charge in [0.25, 0.3) is 0 Å². The monoisotopic (exact) mass is 452 g/mol. The van der Waals surface area contributed by atoms with Gasteiger partial charge in [0.05, 0.1) is 11.9 Å². The summed E-state index contributed by atoms with van der Waals surface area (Å²) < 4.78 is 31.7. The maximum atomic E-state index is 12.7. The van der Waals surface area contributed by atoms with Gasteiger partial charge in [0.15, 0.2) is 0 Å². The smallest absolute Gasteiger partial charge is 0.245 e. The van der Waals surface area contributed by atoms with E-state index in [9.17, 15) is 13.2 Å². The Balaban J connectivity index is 1.71. The average Bonchev–Trinajstić information content (AvgIpc) is 2.77. The molecule has 0 fully saturated rings. The molecule has 0 saturated carbocycles. The summed E-state index contributed by atoms with van der Waals surface area (Å²) in [5.74, 6) is 0.426. The van der Waals surface area contributed by atoms with Crippen LogP contribution in [0.5, 0.6) is 5.75 Å². The Morgan fingerprint density at radius 1 is 0.938 bits per heavy atom. The van der Waals surface area contributed by atoms with E-state index in [2.05, 4.69) is 5.32 Å². The van der Waals surface area contributed by atoms with Crippen molar-refractivity contribution in [2.75, 3.05) is 22.4 Å². The number of sulfonamides is 1. The van der Waals surface area contributed by atoms with E-state index in [0.717, 1.165) is 21.7 Å². The molecule has 0 aromatic heterocycles. The van der Waals surface area contributed by atoms with Crippen LogP contribution in [0.1, 0.15) is 30.9 Å². The van der Waals surface area contributed by atoms with Gasteiger partial charge in [0, 0.05) is 5.69 Å². The Morgan fingerprint density at radius 3 is 2.19 bits per heavy atom. The minimum absolute atomic E-state index is 0.223. The van der Waals surface area contributed by atoms with E-state index in [1.54, 1.807) is 24.3 Å². The Morgan fingerprint density at radius 2 is 1.56 bits per heavy atom. The molecule has 0 radical (unpaired) electrons. The van der Waals surface area contributed by atoms with Crippen LogP contribution in [-0.2, 0) is 21.4 Å². The van der Waals surface area contributed by atoms with Crippen molar-refractivity contribution in [2.24, 2.45) is 0 Å². The van der Waals surface area contributed by atoms with Crippen molar-refractivity contribution in [1.82, 2.24) is 0 Å². The number of benzene rings is 3. The topological polar surface area (TPSA) is 75.7 Å². The molecule has 0 atom stereocenters. The fourth-order valence-electron chi connectivity index (χ4n) is 3.28. The van der Waals surface area contributed by atoms with Crippen LogP contribution in [0.4, 0.5) is 11.4 Å². The van der Waals surface area contributed by atoms with Gasteiger partial charge in [-0.25, -0.2) is 8.42 Å². The molecule has 0 spiro atoms. The highest BCUT2D eigenvalue weighted by molar-refractivity contribution is 7.92. The molecule has 1 amide bonds. The molecule has 0 bridgehead atoms. The fraction of sp³-hybridized carbons (Fsp3) is 0.240. The molecule has 3 aromatic rings. The second-order valence-corrected chi connectivity index (χ2v) is 9.73. The standard InChI is InChI=1S/C25H28N2O4S/c1-19(2)23-11-7-8-12-24(23)26-25(28)17-27(32(3,29)30)21-13-15-22(16-14-21)31-18-20-9-5-4-6-10-20/h4-16,19H,17-18H2,1-3H3,(H,26,28). The van der Waals surface area contributed by atoms with Gasteiger partial charge in [0.2, 0.25) is 15.9 Å². The Kier molecular flexibility index (Phi) is 7.53. The van der Waals surface area contributed by atoms with Gasteiger partial charge < -0.3 is 10.1 Å². The number of rotatable bonds is 9. The van der Waals surface area contributed by atoms with Gasteiger partial charge in [-0.1, -0.05) is 62.4 Å². The summed E-state index contributed by atoms with van der Waals surface area (Å²) in [5, 5.41) is 2.84. The minimum Gasteiger partial charge on any atom is -0.489 e. The first kappa shape index (κ1) is 23.3. The van der Waals surface area contributed by atoms with E-state index < -0.39 is 15.9 Å². The molecule has 0 heterocycles. The third-order valence-electron chi connectivity index (χ3n) is 4.92. The first-order chi connectivity index (χ1) is 15.2. The van der Waals surface area contributed by atoms with Crippen molar-refractivity contribution >= 4 is 27.3 Å². The third kappa shape index (κ3) is 6.34. The minimum atomic E-state index is -3.67. The lowest BCUT2D eigenvalue weighted by Crippen LogP contribution is -2.37. The lowest BCUT2D eigenvalue weighted by Gasteiger charge is -2.23. The molecular formula is C25H28N2O4S. The predicted molar refractivity (Wildman–Crippen MR) is 129 cm³/mol. The van der Waals surface area contributed by atoms with E-state index in [1.807, 2.05) is 68.4 Å². The molecule has 7 heteroatoms. The lowest BCUT2D eigenvalue weighted by atomic mass is 10.0. The van der Waals surface area contributed by atoms with Gasteiger partial charge >= 0.3 is 0 Å². The maximum absolute atomic E-state index is 12.7. The molecule has 0 aliphatic heterocycles. The SMILES string of the molecule is CC(C)c1ccccc1NC(=O)CN(c1ccc(OCc2ccccc2)cc1)S(C)(=O)=O. The zero-order valence-corrected chi connectivity index (χ0v) is 19.3. The summed E-state index contributed by atoms with van der Waals surface area (Å²) >= 11 is 0. The molecule has 3 rings (SSSR count). The summed E-state index contributed by atoms with van der Waals surface area (Å²) in [5.41, 5.74) is 3.11. The van der Waals surface area contributed by atoms with Crippen molar-refractivity contribution in [3.05, 3.63) is 90.0 Å². The quantitative estimate of drug-likeness (QED) is 0.506. The molecule has 0 saturated heterocycles. The third-order valence-corrected chi connectivity index (χ3v) is 6.06. The number of nitrogens with one attached hydrogen (secondary N) is 1. The number of carbonyl (C=O) groups excluding carboxylic acids is 1. The highest BCUT2D eigenvalue weighted by Crippen LogP contribution is 2.25. The normalized spacial score (nSPS) is 11.2. The van der Waals surface area contributed by atoms with Crippen LogP contribution in [-0.4, -0.2) is 27.1 Å². The van der Waals surface area contributed by atoms with E-state index >= 15 is 0 Å². The number of nitrogens with zero attached hydrogens (tertiary/aromatic N) is 1. The predicted octanol–water partition coefficient (Wildman–Crippen LogP) is 4.79. The highest BCUT2D eigenvalue weighted by atomic mass is 32.2. The van der Waals surface area contributed by atoms with Crippen molar-refractivity contribution in [1.29, 1.82) is 0 Å². The number of anilines is 2. The van der Waals surface area contributed by atoms with E-state index in [0.29, 0.717) is 23.7 Å². The van der Waals surface area contributed by atoms with Crippen molar-refractivity contribution in [3.8, 4) is 5.75 Å². The van der Waals surface area contributed by atoms with Crippen LogP contribution in [0.2, 0.25) is 0 Å². The number of hydrogen-bond donors (Lipinski definition) is 1. The second kappa shape index (κ2) is 10.3. The molecule has 1 N–H and O–H groups in total. The Hall–Kier alpha value is -3.32. The molecule has 32 heavy (non-hydrogen) atoms. The van der Waals surface area contributed by atoms with Gasteiger partial charge in [0.1, 0.15) is 18.9 Å². The van der Waals surface area contributed by atoms with Crippen LogP contribution >= 0.6 is 0 Å². The summed E-state index contributed by atoms with van der Waals surface area (Å²) in [6, 6.07) is 23.9. The molecule has 0 aliphatic carbocycles. The molecule has 168 valence electrons. The molecular weight excluding hydrogens is 424 g/mol. The summed E-state index contributed by atoms with van der Waals surface area (Å²) in [7, 11) is -3.67. The van der Waals surface area contributed by atoms with Crippen LogP contribution in [0.25, 0.3) is 0 Å². The molecule has 0 aliphatic rings. The van der Waals surface area contributed by atoms with Crippen molar-refractivity contribution < 1.29 is 17.9 Å². The fourth-order valence-corrected chi connectivity index (χ4v) is 4.14. The van der Waals surface area contributed by atoms with Gasteiger partial charge in [-0.3, -0.25) is 9.10 Å². The average molecular weight is 453 g/mol. The zero-order chi connectivity index (χ0) is 23.1. The summed E-state index contributed by atoms with van der Waals surface area (Å²) in [6.45, 7) is 4.16. The van der Waals surface area contributed by atoms with Gasteiger partial charge in [-0.05, 0) is 47.4 Å². The Labute approximate surface area is 189 Å². The largest absolute Gasteiger partial charge is 0.489 e. The zero-order valence-electron chi connectivity index (χ0n) is 18.5. The Bertz CT molecular complexity index is 1140. The number of hydrogen-bond acceptors (Lipinski definition) is 4. The van der Waals surface area contributed by atoms with Crippen molar-refractivity contribution in [3.63, 3.8) is 0 Å². The maximum Gasteiger partial charge on any atom is 0.245 e. The summed E-state index contributed by atoms with van der Waals surface area (Å²) in [4.78, 5) is 12.7. The number of amides is 1. The first-order valence-electron chi connectivity index (χ1n) is 10.4. The van der Waals surface area contributed by atoms with E-state index in [4.69, 9.17) is 4.74 Å². The molecule has 3 aromatic carbocycles. The molecule has 0 unspecified atom stereocenters. The molecule has 6 nitrogen and oxygen atoms in total. The van der Waals surface area contributed by atoms with Gasteiger partial charge in [-0.15, -0.1) is 0 Å². The van der Waals surface area contributed by atoms with Crippen molar-refractivity contribution in [2.45, 2.75) is 26.4 Å². The first-order valence-corrected chi connectivity index (χ1v) is 12.2. The lowest BCUT2D eigenvalue weighted by molar-refractivity contribution is -0.114. The number of ether oxygens (including phenoxy) is 1. The number of carbonyl (C=O) groups is 1. The second-order valence-electron chi connectivity index (χ2n) is 7.83. The summed E-state index contributed by atoms with van der Waals surface area (Å²) in [6.07, 6.45) is 1.09. The highest BCUT2D eigenvalue weighted by Gasteiger charge is 2.21. The number of para-hydroxylation sites is 1. The van der Waals surface area contributed by atoms with E-state index in [-0.39, 0.29) is 12.5 Å². The van der Waals surface area contributed by atoms with Crippen LogP contribution in [0.15, 0.2) is 78.9 Å².